The highest BCUT2D eigenvalue weighted by atomic mass is 32.2. The van der Waals surface area contributed by atoms with E-state index < -0.39 is 20.0 Å². The normalized spacial score (nSPS) is 12.0. The predicted molar refractivity (Wildman–Crippen MR) is 113 cm³/mol. The lowest BCUT2D eigenvalue weighted by Crippen LogP contribution is -2.19. The van der Waals surface area contributed by atoms with Crippen molar-refractivity contribution in [2.24, 2.45) is 0 Å². The van der Waals surface area contributed by atoms with Crippen molar-refractivity contribution in [3.63, 3.8) is 0 Å². The zero-order chi connectivity index (χ0) is 21.4. The Kier molecular flexibility index (Phi) is 5.42. The number of hydrogen-bond donors (Lipinski definition) is 2. The minimum atomic E-state index is -3.97. The Morgan fingerprint density at radius 3 is 2.28 bits per heavy atom. The molecule has 8 nitrogen and oxygen atoms in total. The average molecular weight is 435 g/mol. The molecule has 0 amide bonds. The molecule has 0 atom stereocenters. The lowest BCUT2D eigenvalue weighted by atomic mass is 10.1. The number of aryl methyl sites for hydroxylation is 2. The third kappa shape index (κ3) is 4.60. The second-order valence-corrected chi connectivity index (χ2v) is 10.2. The molecule has 0 unspecified atom stereocenters. The van der Waals surface area contributed by atoms with Gasteiger partial charge in [-0.3, -0.25) is 9.44 Å². The van der Waals surface area contributed by atoms with E-state index in [1.165, 1.54) is 0 Å². The predicted octanol–water partition coefficient (Wildman–Crippen LogP) is 2.97. The van der Waals surface area contributed by atoms with Crippen molar-refractivity contribution in [2.75, 3.05) is 15.7 Å². The van der Waals surface area contributed by atoms with E-state index in [0.717, 1.165) is 6.26 Å². The van der Waals surface area contributed by atoms with Gasteiger partial charge in [0.15, 0.2) is 0 Å². The van der Waals surface area contributed by atoms with E-state index in [1.54, 1.807) is 74.2 Å². The topological polar surface area (TPSA) is 110 Å². The summed E-state index contributed by atoms with van der Waals surface area (Å²) in [5.41, 5.74) is 2.84. The van der Waals surface area contributed by atoms with Gasteiger partial charge >= 0.3 is 0 Å². The molecule has 0 radical (unpaired) electrons. The third-order valence-corrected chi connectivity index (χ3v) is 6.57. The van der Waals surface area contributed by atoms with Crippen molar-refractivity contribution < 1.29 is 16.8 Å². The van der Waals surface area contributed by atoms with Crippen molar-refractivity contribution in [3.8, 4) is 5.69 Å². The summed E-state index contributed by atoms with van der Waals surface area (Å²) in [6, 6.07) is 10.3. The van der Waals surface area contributed by atoms with Gasteiger partial charge in [0.05, 0.1) is 28.2 Å². The zero-order valence-electron chi connectivity index (χ0n) is 16.5. The summed E-state index contributed by atoms with van der Waals surface area (Å²) in [5.74, 6) is 0. The molecule has 1 heterocycles. The van der Waals surface area contributed by atoms with Gasteiger partial charge in [-0.05, 0) is 61.7 Å². The Morgan fingerprint density at radius 2 is 1.66 bits per heavy atom. The molecule has 10 heteroatoms. The Labute approximate surface area is 170 Å². The standard InChI is InChI=1S/C19H22N4O4S2/c1-13-11-14(2)19(15(3)18(13)22-28(4,24)25)29(26,27)21-16-7-5-8-17(12-16)23-10-6-9-20-23/h5-12,21-22H,1-4H3. The van der Waals surface area contributed by atoms with Crippen LogP contribution in [-0.2, 0) is 20.0 Å². The Bertz CT molecular complexity index is 1270. The molecule has 0 fully saturated rings. The molecule has 29 heavy (non-hydrogen) atoms. The van der Waals surface area contributed by atoms with Crippen LogP contribution in [0.3, 0.4) is 0 Å². The van der Waals surface area contributed by atoms with Gasteiger partial charge in [-0.1, -0.05) is 12.1 Å². The fourth-order valence-electron chi connectivity index (χ4n) is 3.26. The summed E-state index contributed by atoms with van der Waals surface area (Å²) < 4.78 is 56.4. The number of rotatable bonds is 6. The summed E-state index contributed by atoms with van der Waals surface area (Å²) in [6.07, 6.45) is 4.41. The highest BCUT2D eigenvalue weighted by molar-refractivity contribution is 7.93. The molecule has 1 aromatic heterocycles. The molecule has 0 aliphatic heterocycles. The summed E-state index contributed by atoms with van der Waals surface area (Å²) >= 11 is 0. The smallest absolute Gasteiger partial charge is 0.262 e. The van der Waals surface area contributed by atoms with Crippen LogP contribution in [0.2, 0.25) is 0 Å². The van der Waals surface area contributed by atoms with Crippen LogP contribution in [0.4, 0.5) is 11.4 Å². The monoisotopic (exact) mass is 434 g/mol. The van der Waals surface area contributed by atoms with Gasteiger partial charge in [0, 0.05) is 12.4 Å². The van der Waals surface area contributed by atoms with E-state index in [0.29, 0.717) is 28.1 Å². The first-order valence-electron chi connectivity index (χ1n) is 8.69. The van der Waals surface area contributed by atoms with E-state index in [4.69, 9.17) is 0 Å². The minimum Gasteiger partial charge on any atom is -0.283 e. The van der Waals surface area contributed by atoms with E-state index in [9.17, 15) is 16.8 Å². The first-order chi connectivity index (χ1) is 13.5. The van der Waals surface area contributed by atoms with Crippen LogP contribution in [0.5, 0.6) is 0 Å². The average Bonchev–Trinajstić information content (AvgIpc) is 3.12. The molecule has 2 N–H and O–H groups in total. The van der Waals surface area contributed by atoms with Crippen molar-refractivity contribution in [3.05, 3.63) is 65.5 Å². The lowest BCUT2D eigenvalue weighted by molar-refractivity contribution is 0.599. The van der Waals surface area contributed by atoms with Gasteiger partial charge in [-0.15, -0.1) is 0 Å². The summed E-state index contributed by atoms with van der Waals surface area (Å²) in [7, 11) is -7.53. The molecule has 0 saturated carbocycles. The number of sulfonamides is 2. The third-order valence-electron chi connectivity index (χ3n) is 4.32. The molecule has 0 aliphatic carbocycles. The van der Waals surface area contributed by atoms with Crippen molar-refractivity contribution >= 4 is 31.4 Å². The van der Waals surface area contributed by atoms with Crippen LogP contribution in [0, 0.1) is 20.8 Å². The second-order valence-electron chi connectivity index (χ2n) is 6.82. The Hall–Kier alpha value is -2.85. The van der Waals surface area contributed by atoms with Gasteiger partial charge in [0.1, 0.15) is 0 Å². The fraction of sp³-hybridized carbons (Fsp3) is 0.211. The first-order valence-corrected chi connectivity index (χ1v) is 12.1. The molecule has 154 valence electrons. The van der Waals surface area contributed by atoms with Gasteiger partial charge in [0.2, 0.25) is 10.0 Å². The number of anilines is 2. The molecule has 0 saturated heterocycles. The maximum Gasteiger partial charge on any atom is 0.262 e. The number of nitrogens with zero attached hydrogens (tertiary/aromatic N) is 2. The highest BCUT2D eigenvalue weighted by Crippen LogP contribution is 2.32. The highest BCUT2D eigenvalue weighted by Gasteiger charge is 2.24. The van der Waals surface area contributed by atoms with E-state index in [2.05, 4.69) is 14.5 Å². The maximum atomic E-state index is 13.2. The molecule has 2 aromatic carbocycles. The zero-order valence-corrected chi connectivity index (χ0v) is 18.1. The molecular formula is C19H22N4O4S2. The summed E-state index contributed by atoms with van der Waals surface area (Å²) in [5, 5.41) is 4.14. The van der Waals surface area contributed by atoms with Crippen LogP contribution >= 0.6 is 0 Å². The Balaban J connectivity index is 2.04. The summed E-state index contributed by atoms with van der Waals surface area (Å²) in [4.78, 5) is 0.0405. The molecule has 0 aliphatic rings. The number of nitrogens with one attached hydrogen (secondary N) is 2. The van der Waals surface area contributed by atoms with E-state index >= 15 is 0 Å². The molecule has 3 aromatic rings. The van der Waals surface area contributed by atoms with Crippen molar-refractivity contribution in [1.82, 2.24) is 9.78 Å². The number of hydrogen-bond acceptors (Lipinski definition) is 5. The number of benzene rings is 2. The van der Waals surface area contributed by atoms with Crippen molar-refractivity contribution in [2.45, 2.75) is 25.7 Å². The lowest BCUT2D eigenvalue weighted by Gasteiger charge is -2.19. The van der Waals surface area contributed by atoms with Gasteiger partial charge in [0.25, 0.3) is 10.0 Å². The van der Waals surface area contributed by atoms with Gasteiger partial charge in [-0.25, -0.2) is 21.5 Å². The quantitative estimate of drug-likeness (QED) is 0.620. The van der Waals surface area contributed by atoms with E-state index in [1.807, 2.05) is 0 Å². The summed E-state index contributed by atoms with van der Waals surface area (Å²) in [6.45, 7) is 4.99. The van der Waals surface area contributed by atoms with Crippen LogP contribution < -0.4 is 9.44 Å². The minimum absolute atomic E-state index is 0.0405. The maximum absolute atomic E-state index is 13.2. The molecular weight excluding hydrogens is 412 g/mol. The van der Waals surface area contributed by atoms with Crippen LogP contribution in [0.25, 0.3) is 5.69 Å². The van der Waals surface area contributed by atoms with Crippen molar-refractivity contribution in [1.29, 1.82) is 0 Å². The fourth-order valence-corrected chi connectivity index (χ4v) is 5.48. The van der Waals surface area contributed by atoms with E-state index in [-0.39, 0.29) is 10.6 Å². The van der Waals surface area contributed by atoms with Gasteiger partial charge < -0.3 is 0 Å². The molecule has 0 bridgehead atoms. The number of aromatic nitrogens is 2. The first kappa shape index (κ1) is 20.9. The van der Waals surface area contributed by atoms with Crippen LogP contribution in [0.15, 0.2) is 53.7 Å². The molecule has 3 rings (SSSR count). The van der Waals surface area contributed by atoms with Crippen LogP contribution in [0.1, 0.15) is 16.7 Å². The second kappa shape index (κ2) is 7.53. The van der Waals surface area contributed by atoms with Crippen LogP contribution in [-0.4, -0.2) is 32.9 Å². The molecule has 0 spiro atoms. The largest absolute Gasteiger partial charge is 0.283 e. The SMILES string of the molecule is Cc1cc(C)c(S(=O)(=O)Nc2cccc(-n3cccn3)c2)c(C)c1NS(C)(=O)=O. The Morgan fingerprint density at radius 1 is 0.931 bits per heavy atom. The van der Waals surface area contributed by atoms with Gasteiger partial charge in [-0.2, -0.15) is 5.10 Å².